The highest BCUT2D eigenvalue weighted by Crippen LogP contribution is 2.38. The Morgan fingerprint density at radius 1 is 1.08 bits per heavy atom. The summed E-state index contributed by atoms with van der Waals surface area (Å²) in [6, 6.07) is 11.0. The first-order valence-electron chi connectivity index (χ1n) is 9.26. The van der Waals surface area contributed by atoms with E-state index in [-0.39, 0.29) is 5.91 Å². The second-order valence-electron chi connectivity index (χ2n) is 7.18. The normalized spacial score (nSPS) is 19.7. The van der Waals surface area contributed by atoms with Gasteiger partial charge in [-0.25, -0.2) is 9.97 Å². The molecule has 136 valence electrons. The van der Waals surface area contributed by atoms with Gasteiger partial charge in [-0.1, -0.05) is 18.2 Å². The highest BCUT2D eigenvalue weighted by atomic mass is 16.2. The van der Waals surface area contributed by atoms with E-state index in [2.05, 4.69) is 52.0 Å². The Bertz CT molecular complexity index is 829. The van der Waals surface area contributed by atoms with Crippen LogP contribution in [0.1, 0.15) is 25.2 Å². The molecule has 1 saturated heterocycles. The number of benzene rings is 1. The molecule has 0 spiro atoms. The number of nitrogens with zero attached hydrogens (tertiary/aromatic N) is 5. The number of hydrogen-bond acceptors (Lipinski definition) is 5. The van der Waals surface area contributed by atoms with Crippen LogP contribution in [0.2, 0.25) is 0 Å². The largest absolute Gasteiger partial charge is 0.353 e. The number of fused-ring (bicyclic) bond motifs is 1. The average molecular weight is 351 g/mol. The molecule has 1 unspecified atom stereocenters. The van der Waals surface area contributed by atoms with Gasteiger partial charge in [0.1, 0.15) is 17.5 Å². The summed E-state index contributed by atoms with van der Waals surface area (Å²) in [5.41, 5.74) is 2.61. The van der Waals surface area contributed by atoms with Crippen LogP contribution in [-0.4, -0.2) is 53.0 Å². The van der Waals surface area contributed by atoms with E-state index in [1.165, 1.54) is 11.3 Å². The molecule has 2 aromatic rings. The minimum atomic E-state index is 0.145. The summed E-state index contributed by atoms with van der Waals surface area (Å²) in [6.07, 6.45) is 1.03. The van der Waals surface area contributed by atoms with E-state index in [9.17, 15) is 4.79 Å². The van der Waals surface area contributed by atoms with Gasteiger partial charge in [-0.15, -0.1) is 0 Å². The van der Waals surface area contributed by atoms with E-state index in [1.54, 1.807) is 6.92 Å². The number of rotatable bonds is 2. The second-order valence-corrected chi connectivity index (χ2v) is 7.18. The van der Waals surface area contributed by atoms with Crippen molar-refractivity contribution < 1.29 is 4.79 Å². The summed E-state index contributed by atoms with van der Waals surface area (Å²) < 4.78 is 0. The van der Waals surface area contributed by atoms with Crippen molar-refractivity contribution in [1.29, 1.82) is 0 Å². The van der Waals surface area contributed by atoms with Crippen LogP contribution in [0.3, 0.4) is 0 Å². The molecule has 0 bridgehead atoms. The number of anilines is 3. The zero-order valence-corrected chi connectivity index (χ0v) is 15.6. The highest BCUT2D eigenvalue weighted by Gasteiger charge is 2.29. The molecule has 0 aliphatic carbocycles. The lowest BCUT2D eigenvalue weighted by atomic mass is 10.1. The van der Waals surface area contributed by atoms with E-state index < -0.39 is 0 Å². The number of carbonyl (C=O) groups excluding carboxylic acids is 1. The number of hydrogen-bond donors (Lipinski definition) is 0. The van der Waals surface area contributed by atoms with Crippen molar-refractivity contribution >= 4 is 23.2 Å². The van der Waals surface area contributed by atoms with Crippen LogP contribution in [0, 0.1) is 6.92 Å². The molecule has 0 saturated carbocycles. The van der Waals surface area contributed by atoms with Gasteiger partial charge in [0, 0.05) is 50.9 Å². The van der Waals surface area contributed by atoms with Gasteiger partial charge in [-0.3, -0.25) is 4.79 Å². The standard InChI is InChI=1S/C20H25N5O/c1-14-12-17-6-4-5-7-18(17)25(14)20-13-19(21-15(2)22-20)24-10-8-23(9-11-24)16(3)26/h4-7,13-14H,8-12H2,1-3H3. The fourth-order valence-electron chi connectivity index (χ4n) is 3.99. The Hall–Kier alpha value is -2.63. The van der Waals surface area contributed by atoms with Crippen molar-refractivity contribution in [3.05, 3.63) is 41.7 Å². The molecular formula is C20H25N5O. The summed E-state index contributed by atoms with van der Waals surface area (Å²) >= 11 is 0. The number of aromatic nitrogens is 2. The van der Waals surface area contributed by atoms with E-state index >= 15 is 0 Å². The molecule has 2 aliphatic rings. The summed E-state index contributed by atoms with van der Waals surface area (Å²) in [6.45, 7) is 8.93. The van der Waals surface area contributed by atoms with Crippen LogP contribution in [-0.2, 0) is 11.2 Å². The summed E-state index contributed by atoms with van der Waals surface area (Å²) in [4.78, 5) is 27.4. The summed E-state index contributed by atoms with van der Waals surface area (Å²) in [7, 11) is 0. The lowest BCUT2D eigenvalue weighted by Gasteiger charge is -2.35. The maximum atomic E-state index is 11.6. The van der Waals surface area contributed by atoms with Gasteiger partial charge in [0.25, 0.3) is 0 Å². The molecule has 0 radical (unpaired) electrons. The second kappa shape index (κ2) is 6.59. The monoisotopic (exact) mass is 351 g/mol. The molecule has 0 N–H and O–H groups in total. The van der Waals surface area contributed by atoms with Crippen molar-refractivity contribution in [2.75, 3.05) is 36.0 Å². The number of piperazine rings is 1. The topological polar surface area (TPSA) is 52.6 Å². The fraction of sp³-hybridized carbons (Fsp3) is 0.450. The molecule has 26 heavy (non-hydrogen) atoms. The quantitative estimate of drug-likeness (QED) is 0.832. The lowest BCUT2D eigenvalue weighted by Crippen LogP contribution is -2.48. The molecule has 6 nitrogen and oxygen atoms in total. The molecule has 1 aromatic carbocycles. The lowest BCUT2D eigenvalue weighted by molar-refractivity contribution is -0.129. The maximum Gasteiger partial charge on any atom is 0.219 e. The van der Waals surface area contributed by atoms with Crippen molar-refractivity contribution in [1.82, 2.24) is 14.9 Å². The third-order valence-electron chi connectivity index (χ3n) is 5.31. The molecule has 1 amide bonds. The minimum absolute atomic E-state index is 0.145. The fourth-order valence-corrected chi connectivity index (χ4v) is 3.99. The Labute approximate surface area is 154 Å². The van der Waals surface area contributed by atoms with Crippen molar-refractivity contribution in [3.8, 4) is 0 Å². The highest BCUT2D eigenvalue weighted by molar-refractivity contribution is 5.74. The molecule has 3 heterocycles. The van der Waals surface area contributed by atoms with Crippen LogP contribution in [0.25, 0.3) is 0 Å². The molecular weight excluding hydrogens is 326 g/mol. The van der Waals surface area contributed by atoms with Crippen LogP contribution < -0.4 is 9.80 Å². The van der Waals surface area contributed by atoms with E-state index in [0.29, 0.717) is 6.04 Å². The first-order chi connectivity index (χ1) is 12.5. The van der Waals surface area contributed by atoms with Crippen molar-refractivity contribution in [2.24, 2.45) is 0 Å². The molecule has 2 aliphatic heterocycles. The number of aryl methyl sites for hydroxylation is 1. The Kier molecular flexibility index (Phi) is 4.26. The van der Waals surface area contributed by atoms with Gasteiger partial charge >= 0.3 is 0 Å². The van der Waals surface area contributed by atoms with Crippen LogP contribution in [0.15, 0.2) is 30.3 Å². The van der Waals surface area contributed by atoms with Gasteiger partial charge in [-0.05, 0) is 31.9 Å². The first kappa shape index (κ1) is 16.8. The smallest absolute Gasteiger partial charge is 0.219 e. The summed E-state index contributed by atoms with van der Waals surface area (Å²) in [5.74, 6) is 2.83. The predicted molar refractivity (Wildman–Crippen MR) is 103 cm³/mol. The van der Waals surface area contributed by atoms with Crippen LogP contribution >= 0.6 is 0 Å². The van der Waals surface area contributed by atoms with Crippen molar-refractivity contribution in [3.63, 3.8) is 0 Å². The third kappa shape index (κ3) is 3.00. The maximum absolute atomic E-state index is 11.6. The van der Waals surface area contributed by atoms with E-state index in [1.807, 2.05) is 11.8 Å². The molecule has 6 heteroatoms. The van der Waals surface area contributed by atoms with Gasteiger partial charge in [0.2, 0.25) is 5.91 Å². The number of amides is 1. The zero-order chi connectivity index (χ0) is 18.3. The molecule has 1 fully saturated rings. The van der Waals surface area contributed by atoms with Gasteiger partial charge < -0.3 is 14.7 Å². The zero-order valence-electron chi connectivity index (χ0n) is 15.6. The third-order valence-corrected chi connectivity index (χ3v) is 5.31. The Morgan fingerprint density at radius 2 is 1.77 bits per heavy atom. The Morgan fingerprint density at radius 3 is 2.50 bits per heavy atom. The van der Waals surface area contributed by atoms with Crippen LogP contribution in [0.5, 0.6) is 0 Å². The average Bonchev–Trinajstić information content (AvgIpc) is 2.97. The molecule has 1 aromatic heterocycles. The SMILES string of the molecule is CC(=O)N1CCN(c2cc(N3c4ccccc4CC3C)nc(C)n2)CC1. The molecule has 4 rings (SSSR count). The van der Waals surface area contributed by atoms with Crippen molar-refractivity contribution in [2.45, 2.75) is 33.2 Å². The van der Waals surface area contributed by atoms with Gasteiger partial charge in [0.15, 0.2) is 0 Å². The number of carbonyl (C=O) groups is 1. The first-order valence-corrected chi connectivity index (χ1v) is 9.26. The van der Waals surface area contributed by atoms with Crippen LogP contribution in [0.4, 0.5) is 17.3 Å². The van der Waals surface area contributed by atoms with E-state index in [4.69, 9.17) is 4.98 Å². The van der Waals surface area contributed by atoms with Gasteiger partial charge in [0.05, 0.1) is 0 Å². The predicted octanol–water partition coefficient (Wildman–Crippen LogP) is 2.54. The summed E-state index contributed by atoms with van der Waals surface area (Å²) in [5, 5.41) is 0. The molecule has 1 atom stereocenters. The van der Waals surface area contributed by atoms with Gasteiger partial charge in [-0.2, -0.15) is 0 Å². The number of para-hydroxylation sites is 1. The Balaban J connectivity index is 1.63. The minimum Gasteiger partial charge on any atom is -0.353 e. The van der Waals surface area contributed by atoms with E-state index in [0.717, 1.165) is 50.1 Å².